The minimum absolute atomic E-state index is 0.00279. The maximum Gasteiger partial charge on any atom is 0.428 e. The zero-order chi connectivity index (χ0) is 13.4. The molecule has 0 aromatic heterocycles. The Labute approximate surface area is 106 Å². The Kier molecular flexibility index (Phi) is 3.25. The van der Waals surface area contributed by atoms with Crippen molar-refractivity contribution in [2.24, 2.45) is 0 Å². The van der Waals surface area contributed by atoms with E-state index in [2.05, 4.69) is 10.1 Å². The molecule has 0 radical (unpaired) electrons. The van der Waals surface area contributed by atoms with Gasteiger partial charge in [0.1, 0.15) is 0 Å². The molecule has 3 nitrogen and oxygen atoms in total. The number of alkyl halides is 3. The number of carbonyl (C=O) groups excluding carboxylic acids is 1. The summed E-state index contributed by atoms with van der Waals surface area (Å²) in [5, 5.41) is 2.72. The molecule has 1 atom stereocenters. The van der Waals surface area contributed by atoms with Gasteiger partial charge >= 0.3 is 6.18 Å². The van der Waals surface area contributed by atoms with E-state index in [9.17, 15) is 18.0 Å². The van der Waals surface area contributed by atoms with Gasteiger partial charge in [-0.25, -0.2) is 0 Å². The molecule has 18 heavy (non-hydrogen) atoms. The monoisotopic (exact) mass is 279 g/mol. The second-order valence-corrected chi connectivity index (χ2v) is 4.36. The van der Waals surface area contributed by atoms with E-state index in [-0.39, 0.29) is 6.54 Å². The van der Waals surface area contributed by atoms with E-state index < -0.39 is 24.3 Å². The number of hydrogen-bond acceptors (Lipinski definition) is 2. The van der Waals surface area contributed by atoms with Crippen LogP contribution < -0.4 is 5.32 Å². The van der Waals surface area contributed by atoms with Crippen molar-refractivity contribution in [1.29, 1.82) is 0 Å². The Hall–Kier alpha value is -1.27. The number of halogens is 4. The average Bonchev–Trinajstić information content (AvgIpc) is 3.08. The summed E-state index contributed by atoms with van der Waals surface area (Å²) in [4.78, 5) is 11.4. The molecule has 1 fully saturated rings. The largest absolute Gasteiger partial charge is 0.428 e. The molecule has 0 bridgehead atoms. The molecule has 0 aliphatic carbocycles. The van der Waals surface area contributed by atoms with Crippen LogP contribution in [0.25, 0.3) is 0 Å². The molecule has 0 saturated carbocycles. The van der Waals surface area contributed by atoms with Crippen molar-refractivity contribution in [2.75, 3.05) is 6.61 Å². The van der Waals surface area contributed by atoms with Crippen molar-refractivity contribution in [1.82, 2.24) is 5.32 Å². The zero-order valence-corrected chi connectivity index (χ0v) is 9.81. The maximum atomic E-state index is 12.5. The third-order valence-electron chi connectivity index (χ3n) is 2.62. The fraction of sp³-hybridized carbons (Fsp3) is 0.364. The number of amides is 1. The Bertz CT molecular complexity index is 454. The lowest BCUT2D eigenvalue weighted by atomic mass is 10.1. The number of ether oxygens (including phenoxy) is 1. The lowest BCUT2D eigenvalue weighted by Crippen LogP contribution is -2.47. The third kappa shape index (κ3) is 2.44. The van der Waals surface area contributed by atoms with Crippen LogP contribution in [0, 0.1) is 0 Å². The second-order valence-electron chi connectivity index (χ2n) is 3.92. The van der Waals surface area contributed by atoms with Gasteiger partial charge in [-0.3, -0.25) is 4.79 Å². The van der Waals surface area contributed by atoms with E-state index in [4.69, 9.17) is 11.6 Å². The van der Waals surface area contributed by atoms with Gasteiger partial charge in [-0.05, 0) is 17.7 Å². The first kappa shape index (κ1) is 13.2. The van der Waals surface area contributed by atoms with Crippen LogP contribution in [0.3, 0.4) is 0 Å². The van der Waals surface area contributed by atoms with E-state index in [1.807, 2.05) is 0 Å². The first-order valence-electron chi connectivity index (χ1n) is 5.08. The predicted molar refractivity (Wildman–Crippen MR) is 58.0 cm³/mol. The second kappa shape index (κ2) is 4.44. The predicted octanol–water partition coefficient (Wildman–Crippen LogP) is 2.29. The van der Waals surface area contributed by atoms with Gasteiger partial charge in [0.2, 0.25) is 0 Å². The molecule has 1 saturated heterocycles. The first-order chi connectivity index (χ1) is 8.35. The SMILES string of the molecule is O=C(NCc1ccc(Cl)cc1)[C@@]1(C(F)(F)F)CO1. The number of benzene rings is 1. The van der Waals surface area contributed by atoms with Gasteiger partial charge in [0.25, 0.3) is 11.5 Å². The summed E-state index contributed by atoms with van der Waals surface area (Å²) >= 11 is 5.66. The number of nitrogens with one attached hydrogen (secondary N) is 1. The Morgan fingerprint density at radius 3 is 2.39 bits per heavy atom. The summed E-state index contributed by atoms with van der Waals surface area (Å²) < 4.78 is 41.8. The van der Waals surface area contributed by atoms with Crippen LogP contribution >= 0.6 is 11.6 Å². The highest BCUT2D eigenvalue weighted by Crippen LogP contribution is 2.43. The fourth-order valence-corrected chi connectivity index (χ4v) is 1.55. The number of epoxide rings is 1. The minimum Gasteiger partial charge on any atom is -0.351 e. The summed E-state index contributed by atoms with van der Waals surface area (Å²) in [6, 6.07) is 6.43. The molecule has 1 aromatic rings. The van der Waals surface area contributed by atoms with Gasteiger partial charge in [0, 0.05) is 11.6 Å². The molecule has 0 unspecified atom stereocenters. The van der Waals surface area contributed by atoms with Crippen molar-refractivity contribution in [3.63, 3.8) is 0 Å². The molecule has 2 rings (SSSR count). The van der Waals surface area contributed by atoms with Crippen molar-refractivity contribution in [3.8, 4) is 0 Å². The van der Waals surface area contributed by atoms with E-state index in [1.165, 1.54) is 0 Å². The Balaban J connectivity index is 1.95. The molecule has 1 N–H and O–H groups in total. The fourth-order valence-electron chi connectivity index (χ4n) is 1.42. The molecule has 1 amide bonds. The topological polar surface area (TPSA) is 41.6 Å². The van der Waals surface area contributed by atoms with E-state index in [0.717, 1.165) is 0 Å². The highest BCUT2D eigenvalue weighted by atomic mass is 35.5. The van der Waals surface area contributed by atoms with Crippen LogP contribution in [-0.2, 0) is 16.1 Å². The first-order valence-corrected chi connectivity index (χ1v) is 5.46. The molecule has 1 aliphatic heterocycles. The standard InChI is InChI=1S/C11H9ClF3NO2/c12-8-3-1-7(2-4-8)5-16-9(17)10(6-18-10)11(13,14)15/h1-4H,5-6H2,(H,16,17)/t10-/m1/s1. The lowest BCUT2D eigenvalue weighted by Gasteiger charge is -2.15. The van der Waals surface area contributed by atoms with Crippen LogP contribution in [0.2, 0.25) is 5.02 Å². The maximum absolute atomic E-state index is 12.5. The van der Waals surface area contributed by atoms with Crippen molar-refractivity contribution < 1.29 is 22.7 Å². The average molecular weight is 280 g/mol. The van der Waals surface area contributed by atoms with Crippen LogP contribution in [0.1, 0.15) is 5.56 Å². The number of hydrogen-bond donors (Lipinski definition) is 1. The summed E-state index contributed by atoms with van der Waals surface area (Å²) in [5.74, 6) is -1.16. The van der Waals surface area contributed by atoms with Crippen molar-refractivity contribution in [3.05, 3.63) is 34.9 Å². The smallest absolute Gasteiger partial charge is 0.351 e. The molecule has 1 aromatic carbocycles. The van der Waals surface area contributed by atoms with Crippen LogP contribution in [0.15, 0.2) is 24.3 Å². The van der Waals surface area contributed by atoms with Gasteiger partial charge in [-0.1, -0.05) is 23.7 Å². The number of rotatable bonds is 3. The summed E-state index contributed by atoms with van der Waals surface area (Å²) in [6.45, 7) is -0.625. The molecule has 0 spiro atoms. The molecule has 1 aliphatic rings. The lowest BCUT2D eigenvalue weighted by molar-refractivity contribution is -0.189. The van der Waals surface area contributed by atoms with Crippen molar-refractivity contribution in [2.45, 2.75) is 18.3 Å². The quantitative estimate of drug-likeness (QED) is 0.863. The molecular weight excluding hydrogens is 271 g/mol. The highest BCUT2D eigenvalue weighted by Gasteiger charge is 2.71. The van der Waals surface area contributed by atoms with Gasteiger partial charge in [0.15, 0.2) is 0 Å². The molecule has 98 valence electrons. The minimum atomic E-state index is -4.68. The normalized spacial score (nSPS) is 22.7. The van der Waals surface area contributed by atoms with E-state index in [1.54, 1.807) is 24.3 Å². The summed E-state index contributed by atoms with van der Waals surface area (Å²) in [5.41, 5.74) is -2.00. The van der Waals surface area contributed by atoms with Crippen molar-refractivity contribution >= 4 is 17.5 Å². The molecule has 1 heterocycles. The Morgan fingerprint density at radius 2 is 1.94 bits per heavy atom. The third-order valence-corrected chi connectivity index (χ3v) is 2.88. The molecule has 7 heteroatoms. The summed E-state index contributed by atoms with van der Waals surface area (Å²) in [6.07, 6.45) is -4.68. The van der Waals surface area contributed by atoms with Gasteiger partial charge in [-0.15, -0.1) is 0 Å². The van der Waals surface area contributed by atoms with Crippen LogP contribution in [-0.4, -0.2) is 24.3 Å². The van der Waals surface area contributed by atoms with Crippen LogP contribution in [0.5, 0.6) is 0 Å². The van der Waals surface area contributed by atoms with Crippen LogP contribution in [0.4, 0.5) is 13.2 Å². The van der Waals surface area contributed by atoms with Gasteiger partial charge < -0.3 is 10.1 Å². The summed E-state index contributed by atoms with van der Waals surface area (Å²) in [7, 11) is 0. The van der Waals surface area contributed by atoms with E-state index in [0.29, 0.717) is 10.6 Å². The van der Waals surface area contributed by atoms with Gasteiger partial charge in [-0.2, -0.15) is 13.2 Å². The zero-order valence-electron chi connectivity index (χ0n) is 9.05. The Morgan fingerprint density at radius 1 is 1.39 bits per heavy atom. The number of carbonyl (C=O) groups is 1. The van der Waals surface area contributed by atoms with Gasteiger partial charge in [0.05, 0.1) is 6.61 Å². The molecular formula is C11H9ClF3NO2. The van der Waals surface area contributed by atoms with E-state index >= 15 is 0 Å². The highest BCUT2D eigenvalue weighted by molar-refractivity contribution is 6.30.